The van der Waals surface area contributed by atoms with E-state index in [1.807, 2.05) is 32.8 Å². The number of nitrogens with two attached hydrogens (primary N) is 1. The van der Waals surface area contributed by atoms with E-state index in [0.717, 1.165) is 6.54 Å². The maximum atomic E-state index is 12.2. The van der Waals surface area contributed by atoms with E-state index in [0.29, 0.717) is 17.3 Å². The Labute approximate surface area is 113 Å². The fourth-order valence-corrected chi connectivity index (χ4v) is 1.77. The summed E-state index contributed by atoms with van der Waals surface area (Å²) in [5.74, 6) is -0.0722. The summed E-state index contributed by atoms with van der Waals surface area (Å²) in [7, 11) is 3.93. The number of nitrogens with zero attached hydrogens (tertiary/aromatic N) is 3. The predicted molar refractivity (Wildman–Crippen MR) is 72.9 cm³/mol. The molecule has 1 atom stereocenters. The number of rotatable bonds is 6. The van der Waals surface area contributed by atoms with Crippen LogP contribution in [0.3, 0.4) is 0 Å². The second kappa shape index (κ2) is 6.31. The summed E-state index contributed by atoms with van der Waals surface area (Å²) in [6, 6.07) is -0.544. The van der Waals surface area contributed by atoms with Crippen molar-refractivity contribution in [1.29, 1.82) is 0 Å². The zero-order valence-corrected chi connectivity index (χ0v) is 12.1. The second-order valence-corrected chi connectivity index (χ2v) is 5.41. The smallest absolute Gasteiger partial charge is 0.199 e. The number of aromatic nitrogens is 2. The molecule has 5 nitrogen and oxygen atoms in total. The highest BCUT2D eigenvalue weighted by atomic mass is 35.5. The third kappa shape index (κ3) is 3.54. The lowest BCUT2D eigenvalue weighted by molar-refractivity contribution is 0.0929. The summed E-state index contributed by atoms with van der Waals surface area (Å²) in [6.45, 7) is 5.23. The summed E-state index contributed by atoms with van der Waals surface area (Å²) >= 11 is 6.03. The highest BCUT2D eigenvalue weighted by Crippen LogP contribution is 2.18. The molecule has 1 unspecified atom stereocenters. The number of hydrogen-bond donors (Lipinski definition) is 1. The van der Waals surface area contributed by atoms with Crippen molar-refractivity contribution in [2.45, 2.75) is 26.4 Å². The van der Waals surface area contributed by atoms with Crippen molar-refractivity contribution in [3.63, 3.8) is 0 Å². The predicted octanol–water partition coefficient (Wildman–Crippen LogP) is 1.26. The van der Waals surface area contributed by atoms with Gasteiger partial charge in [-0.3, -0.25) is 9.48 Å². The molecule has 2 N–H and O–H groups in total. The fourth-order valence-electron chi connectivity index (χ4n) is 1.53. The van der Waals surface area contributed by atoms with Gasteiger partial charge in [0, 0.05) is 6.54 Å². The summed E-state index contributed by atoms with van der Waals surface area (Å²) in [5.41, 5.74) is 6.30. The van der Waals surface area contributed by atoms with E-state index in [-0.39, 0.29) is 11.7 Å². The molecule has 0 aromatic carbocycles. The molecule has 1 aromatic rings. The molecule has 0 radical (unpaired) electrons. The summed E-state index contributed by atoms with van der Waals surface area (Å²) in [6.07, 6.45) is 1.50. The van der Waals surface area contributed by atoms with Crippen LogP contribution in [0.1, 0.15) is 24.3 Å². The van der Waals surface area contributed by atoms with Crippen LogP contribution in [0.15, 0.2) is 6.20 Å². The molecule has 0 amide bonds. The van der Waals surface area contributed by atoms with Crippen LogP contribution in [0.25, 0.3) is 0 Å². The van der Waals surface area contributed by atoms with Crippen LogP contribution in [0.4, 0.5) is 0 Å². The van der Waals surface area contributed by atoms with Crippen molar-refractivity contribution < 1.29 is 4.79 Å². The molecule has 0 spiro atoms. The quantitative estimate of drug-likeness (QED) is 0.792. The van der Waals surface area contributed by atoms with Gasteiger partial charge in [-0.05, 0) is 20.0 Å². The number of carbonyl (C=O) groups excluding carboxylic acids is 1. The van der Waals surface area contributed by atoms with Gasteiger partial charge in [-0.15, -0.1) is 0 Å². The third-order valence-corrected chi connectivity index (χ3v) is 3.08. The first-order valence-corrected chi connectivity index (χ1v) is 6.38. The SMILES string of the molecule is CC(C)C(N)C(=O)c1c(Cl)cnn1CCN(C)C. The van der Waals surface area contributed by atoms with Gasteiger partial charge < -0.3 is 10.6 Å². The molecule has 0 saturated heterocycles. The lowest BCUT2D eigenvalue weighted by Crippen LogP contribution is -2.37. The Balaban J connectivity index is 2.93. The standard InChI is InChI=1S/C12H21ClN4O/c1-8(2)10(14)12(18)11-9(13)7-15-17(11)6-5-16(3)4/h7-8,10H,5-6,14H2,1-4H3. The molecule has 18 heavy (non-hydrogen) atoms. The summed E-state index contributed by atoms with van der Waals surface area (Å²) in [4.78, 5) is 14.3. The molecule has 0 aliphatic rings. The summed E-state index contributed by atoms with van der Waals surface area (Å²) in [5, 5.41) is 4.50. The maximum Gasteiger partial charge on any atom is 0.199 e. The van der Waals surface area contributed by atoms with Crippen LogP contribution in [0, 0.1) is 5.92 Å². The van der Waals surface area contributed by atoms with E-state index in [4.69, 9.17) is 17.3 Å². The largest absolute Gasteiger partial charge is 0.321 e. The van der Waals surface area contributed by atoms with Crippen LogP contribution in [0.2, 0.25) is 5.02 Å². The van der Waals surface area contributed by atoms with Crippen molar-refractivity contribution in [2.24, 2.45) is 11.7 Å². The molecule has 0 aliphatic carbocycles. The zero-order valence-electron chi connectivity index (χ0n) is 11.4. The van der Waals surface area contributed by atoms with E-state index >= 15 is 0 Å². The number of Topliss-reactive ketones (excluding diaryl/α,β-unsaturated/α-hetero) is 1. The van der Waals surface area contributed by atoms with Gasteiger partial charge in [0.05, 0.1) is 23.8 Å². The minimum absolute atomic E-state index is 0.0748. The second-order valence-electron chi connectivity index (χ2n) is 5.00. The van der Waals surface area contributed by atoms with Crippen molar-refractivity contribution in [3.8, 4) is 0 Å². The van der Waals surface area contributed by atoms with Crippen LogP contribution in [0.5, 0.6) is 0 Å². The van der Waals surface area contributed by atoms with Gasteiger partial charge >= 0.3 is 0 Å². The summed E-state index contributed by atoms with van der Waals surface area (Å²) < 4.78 is 1.63. The van der Waals surface area contributed by atoms with Crippen LogP contribution in [-0.4, -0.2) is 47.1 Å². The zero-order chi connectivity index (χ0) is 13.9. The molecule has 0 bridgehead atoms. The molecular formula is C12H21ClN4O. The molecule has 1 rings (SSSR count). The van der Waals surface area contributed by atoms with Gasteiger partial charge in [0.15, 0.2) is 5.78 Å². The van der Waals surface area contributed by atoms with Gasteiger partial charge in [0.25, 0.3) is 0 Å². The van der Waals surface area contributed by atoms with Crippen molar-refractivity contribution >= 4 is 17.4 Å². The van der Waals surface area contributed by atoms with Gasteiger partial charge in [-0.1, -0.05) is 25.4 Å². The van der Waals surface area contributed by atoms with E-state index in [1.54, 1.807) is 4.68 Å². The van der Waals surface area contributed by atoms with Crippen molar-refractivity contribution in [2.75, 3.05) is 20.6 Å². The minimum atomic E-state index is -0.544. The first kappa shape index (κ1) is 15.1. The van der Waals surface area contributed by atoms with Crippen molar-refractivity contribution in [1.82, 2.24) is 14.7 Å². The maximum absolute atomic E-state index is 12.2. The lowest BCUT2D eigenvalue weighted by atomic mass is 9.99. The average molecular weight is 273 g/mol. The molecule has 0 aliphatic heterocycles. The number of hydrogen-bond acceptors (Lipinski definition) is 4. The van der Waals surface area contributed by atoms with E-state index in [2.05, 4.69) is 5.10 Å². The molecule has 102 valence electrons. The van der Waals surface area contributed by atoms with Gasteiger partial charge in [0.1, 0.15) is 5.69 Å². The van der Waals surface area contributed by atoms with Crippen molar-refractivity contribution in [3.05, 3.63) is 16.9 Å². The Bertz CT molecular complexity index is 414. The average Bonchev–Trinajstić information content (AvgIpc) is 2.65. The molecule has 0 saturated carbocycles. The van der Waals surface area contributed by atoms with Crippen LogP contribution >= 0.6 is 11.6 Å². The van der Waals surface area contributed by atoms with Gasteiger partial charge in [-0.2, -0.15) is 5.10 Å². The molecular weight excluding hydrogens is 252 g/mol. The monoisotopic (exact) mass is 272 g/mol. The first-order chi connectivity index (χ1) is 8.34. The molecule has 6 heteroatoms. The van der Waals surface area contributed by atoms with E-state index in [9.17, 15) is 4.79 Å². The topological polar surface area (TPSA) is 64.2 Å². The number of ketones is 1. The third-order valence-electron chi connectivity index (χ3n) is 2.81. The Kier molecular flexibility index (Phi) is 5.31. The number of halogens is 1. The number of likely N-dealkylation sites (N-methyl/N-ethyl adjacent to an activating group) is 1. The number of carbonyl (C=O) groups is 1. The van der Waals surface area contributed by atoms with Crippen LogP contribution in [-0.2, 0) is 6.54 Å². The molecule has 0 fully saturated rings. The Morgan fingerprint density at radius 2 is 2.17 bits per heavy atom. The van der Waals surface area contributed by atoms with E-state index < -0.39 is 6.04 Å². The Hall–Kier alpha value is -0.910. The lowest BCUT2D eigenvalue weighted by Gasteiger charge is -2.16. The van der Waals surface area contributed by atoms with E-state index in [1.165, 1.54) is 6.20 Å². The van der Waals surface area contributed by atoms with Gasteiger partial charge in [0.2, 0.25) is 0 Å². The van der Waals surface area contributed by atoms with Crippen LogP contribution < -0.4 is 5.73 Å². The normalized spacial score (nSPS) is 13.3. The molecule has 1 aromatic heterocycles. The highest BCUT2D eigenvalue weighted by Gasteiger charge is 2.25. The molecule has 1 heterocycles. The first-order valence-electron chi connectivity index (χ1n) is 6.00. The van der Waals surface area contributed by atoms with Gasteiger partial charge in [-0.25, -0.2) is 0 Å². The fraction of sp³-hybridized carbons (Fsp3) is 0.667. The highest BCUT2D eigenvalue weighted by molar-refractivity contribution is 6.33. The Morgan fingerprint density at radius 3 is 2.67 bits per heavy atom. The Morgan fingerprint density at radius 1 is 1.56 bits per heavy atom. The minimum Gasteiger partial charge on any atom is -0.321 e.